The number of nitrogens with zero attached hydrogens (tertiary/aromatic N) is 2. The van der Waals surface area contributed by atoms with Crippen LogP contribution in [0.3, 0.4) is 0 Å². The lowest BCUT2D eigenvalue weighted by Crippen LogP contribution is -2.56. The first kappa shape index (κ1) is 45.8. The molecule has 66 heavy (non-hydrogen) atoms. The summed E-state index contributed by atoms with van der Waals surface area (Å²) in [7, 11) is 4.18. The number of ether oxygens (including phenoxy) is 5. The van der Waals surface area contributed by atoms with Gasteiger partial charge in [-0.1, -0.05) is 73.3 Å². The Balaban J connectivity index is 1.07. The van der Waals surface area contributed by atoms with Crippen molar-refractivity contribution in [2.24, 2.45) is 0 Å². The molecule has 6 atom stereocenters. The predicted octanol–water partition coefficient (Wildman–Crippen LogP) is 4.73. The van der Waals surface area contributed by atoms with Crippen molar-refractivity contribution in [2.75, 3.05) is 47.5 Å². The van der Waals surface area contributed by atoms with E-state index < -0.39 is 101 Å². The molecule has 0 saturated carbocycles. The van der Waals surface area contributed by atoms with E-state index in [0.29, 0.717) is 0 Å². The Kier molecular flexibility index (Phi) is 12.6. The van der Waals surface area contributed by atoms with Crippen LogP contribution in [0.2, 0.25) is 0 Å². The number of carbonyl (C=O) groups is 5. The second-order valence-corrected chi connectivity index (χ2v) is 17.0. The molecule has 17 heteroatoms. The average molecular weight is 906 g/mol. The maximum atomic E-state index is 14.3. The fourth-order valence-corrected chi connectivity index (χ4v) is 9.54. The van der Waals surface area contributed by atoms with Gasteiger partial charge < -0.3 is 59.2 Å². The Morgan fingerprint density at radius 3 is 2.18 bits per heavy atom. The zero-order chi connectivity index (χ0) is 47.2. The number of amides is 3. The highest BCUT2D eigenvalue weighted by atomic mass is 16.7. The molecule has 8 rings (SSSR count). The quantitative estimate of drug-likeness (QED) is 0.0842. The summed E-state index contributed by atoms with van der Waals surface area (Å²) in [6, 6.07) is 19.1. The topological polar surface area (TPSA) is 231 Å². The molecule has 0 bridgehead atoms. The normalized spacial score (nSPS) is 22.7. The third-order valence-electron chi connectivity index (χ3n) is 12.9. The van der Waals surface area contributed by atoms with E-state index in [2.05, 4.69) is 11.9 Å². The largest absolute Gasteiger partial charge is 0.507 e. The monoisotopic (exact) mass is 905 g/mol. The first-order valence-corrected chi connectivity index (χ1v) is 21.5. The maximum absolute atomic E-state index is 14.3. The van der Waals surface area contributed by atoms with Gasteiger partial charge in [0, 0.05) is 69.1 Å². The SMILES string of the molecule is C=CCOC(=O)N(C)CCN(C)C(=O)[C@]1(O)Cc2c(O)c3c(c(O)c2[C@@H](O[C@H]2C[C@H](NC(=O)OCC4c5ccccc5-c5ccccc54)[C@H](O)[C@H](C)O2)C1)C(=O)c1c(OC)cccc1C3=O. The number of rotatable bonds is 12. The van der Waals surface area contributed by atoms with E-state index in [0.717, 1.165) is 22.3 Å². The molecule has 1 saturated heterocycles. The van der Waals surface area contributed by atoms with E-state index in [9.17, 15) is 44.4 Å². The Labute approximate surface area is 380 Å². The number of nitrogens with one attached hydrogen (secondary N) is 1. The van der Waals surface area contributed by atoms with Crippen molar-refractivity contribution in [3.05, 3.63) is 124 Å². The number of methoxy groups -OCH3 is 1. The van der Waals surface area contributed by atoms with Crippen molar-refractivity contribution in [3.63, 3.8) is 0 Å². The minimum atomic E-state index is -2.37. The molecule has 1 heterocycles. The van der Waals surface area contributed by atoms with Crippen LogP contribution in [0.1, 0.15) is 85.9 Å². The minimum absolute atomic E-state index is 0.00195. The highest BCUT2D eigenvalue weighted by molar-refractivity contribution is 6.31. The van der Waals surface area contributed by atoms with Crippen LogP contribution < -0.4 is 10.1 Å². The number of ketones is 2. The highest BCUT2D eigenvalue weighted by Crippen LogP contribution is 2.53. The molecule has 5 N–H and O–H groups in total. The summed E-state index contributed by atoms with van der Waals surface area (Å²) < 4.78 is 28.7. The highest BCUT2D eigenvalue weighted by Gasteiger charge is 2.51. The average Bonchev–Trinajstić information content (AvgIpc) is 3.63. The fraction of sp³-hybridized carbons (Fsp3) is 0.367. The van der Waals surface area contributed by atoms with Gasteiger partial charge in [0.2, 0.25) is 5.78 Å². The molecule has 3 amide bonds. The summed E-state index contributed by atoms with van der Waals surface area (Å²) in [5.74, 6) is -4.13. The molecule has 3 aliphatic carbocycles. The van der Waals surface area contributed by atoms with Gasteiger partial charge in [0.1, 0.15) is 42.2 Å². The summed E-state index contributed by atoms with van der Waals surface area (Å²) in [6.07, 6.45) is -6.46. The van der Waals surface area contributed by atoms with E-state index in [4.69, 9.17) is 23.7 Å². The Hall–Kier alpha value is -6.79. The zero-order valence-corrected chi connectivity index (χ0v) is 36.8. The van der Waals surface area contributed by atoms with Gasteiger partial charge in [-0.2, -0.15) is 0 Å². The van der Waals surface area contributed by atoms with Crippen LogP contribution in [0, 0.1) is 0 Å². The van der Waals surface area contributed by atoms with Crippen molar-refractivity contribution < 1.29 is 68.1 Å². The lowest BCUT2D eigenvalue weighted by Gasteiger charge is -2.43. The molecule has 1 fully saturated rings. The van der Waals surface area contributed by atoms with Gasteiger partial charge >= 0.3 is 12.2 Å². The number of hydrogen-bond donors (Lipinski definition) is 5. The van der Waals surface area contributed by atoms with Crippen molar-refractivity contribution >= 4 is 29.7 Å². The van der Waals surface area contributed by atoms with Gasteiger partial charge in [0.15, 0.2) is 12.1 Å². The Morgan fingerprint density at radius 2 is 1.52 bits per heavy atom. The van der Waals surface area contributed by atoms with Crippen molar-refractivity contribution in [1.82, 2.24) is 15.1 Å². The molecule has 4 aromatic carbocycles. The summed E-state index contributed by atoms with van der Waals surface area (Å²) >= 11 is 0. The summed E-state index contributed by atoms with van der Waals surface area (Å²) in [6.45, 7) is 4.98. The van der Waals surface area contributed by atoms with Crippen LogP contribution in [0.15, 0.2) is 79.4 Å². The van der Waals surface area contributed by atoms with Crippen LogP contribution in [0.4, 0.5) is 9.59 Å². The number of alkyl carbamates (subject to hydrolysis) is 1. The molecule has 0 aromatic heterocycles. The number of aliphatic hydroxyl groups excluding tert-OH is 1. The molecule has 17 nitrogen and oxygen atoms in total. The zero-order valence-electron chi connectivity index (χ0n) is 36.8. The molecule has 0 spiro atoms. The number of phenolic OH excluding ortho intramolecular Hbond substituents is 2. The number of likely N-dealkylation sites (N-methyl/N-ethyl adjacent to an activating group) is 2. The molecule has 0 unspecified atom stereocenters. The maximum Gasteiger partial charge on any atom is 0.409 e. The summed E-state index contributed by atoms with van der Waals surface area (Å²) in [5.41, 5.74) is 0.0666. The first-order chi connectivity index (χ1) is 31.6. The number of aromatic hydroxyl groups is 2. The molecule has 346 valence electrons. The van der Waals surface area contributed by atoms with Gasteiger partial charge in [-0.3, -0.25) is 14.4 Å². The van der Waals surface area contributed by atoms with E-state index in [1.54, 1.807) is 6.92 Å². The van der Waals surface area contributed by atoms with Gasteiger partial charge in [0.05, 0.1) is 42.0 Å². The van der Waals surface area contributed by atoms with Crippen LogP contribution >= 0.6 is 0 Å². The number of benzene rings is 4. The standard InChI is InChI=1S/C49H51N3O14/c1-6-20-63-48(60)52(4)19-18-51(3)46(58)49(61)22-31-38(45(57)40-39(43(31)55)42(54)30-16-11-17-34(62-5)37(30)44(40)56)35(23-49)66-36-21-33(41(53)25(2)65-36)50-47(59)64-24-32-28-14-9-7-12-26(28)27-13-8-10-15-29(27)32/h6-17,25,32-33,35-36,41,53,55,57,61H,1,18-24H2,2-5H3,(H,50,59)/t25-,33-,35-,36-,41+,49-/m0/s1. The Bertz CT molecular complexity index is 2590. The van der Waals surface area contributed by atoms with Crippen LogP contribution in [0.25, 0.3) is 11.1 Å². The Morgan fingerprint density at radius 1 is 0.879 bits per heavy atom. The number of carbonyl (C=O) groups excluding carboxylic acids is 5. The molecule has 4 aliphatic rings. The number of phenols is 2. The van der Waals surface area contributed by atoms with E-state index in [1.807, 2.05) is 48.5 Å². The third kappa shape index (κ3) is 8.12. The smallest absolute Gasteiger partial charge is 0.409 e. The molecule has 1 aliphatic heterocycles. The first-order valence-electron chi connectivity index (χ1n) is 21.5. The number of aliphatic hydroxyl groups is 2. The molecule has 4 aromatic rings. The minimum Gasteiger partial charge on any atom is -0.507 e. The van der Waals surface area contributed by atoms with Crippen molar-refractivity contribution in [1.29, 1.82) is 0 Å². The van der Waals surface area contributed by atoms with Crippen LogP contribution in [-0.4, -0.2) is 138 Å². The second-order valence-electron chi connectivity index (χ2n) is 17.0. The number of hydrogen-bond acceptors (Lipinski definition) is 14. The molecular formula is C49H51N3O14. The summed E-state index contributed by atoms with van der Waals surface area (Å²) in [5, 5.41) is 50.4. The van der Waals surface area contributed by atoms with E-state index in [-0.39, 0.29) is 66.6 Å². The van der Waals surface area contributed by atoms with E-state index >= 15 is 0 Å². The van der Waals surface area contributed by atoms with Gasteiger partial charge in [-0.05, 0) is 35.2 Å². The van der Waals surface area contributed by atoms with Gasteiger partial charge in [-0.15, -0.1) is 0 Å². The lowest BCUT2D eigenvalue weighted by atomic mass is 9.72. The third-order valence-corrected chi connectivity index (χ3v) is 12.9. The number of fused-ring (bicyclic) bond motifs is 6. The fourth-order valence-electron chi connectivity index (χ4n) is 9.54. The van der Waals surface area contributed by atoms with Crippen molar-refractivity contribution in [2.45, 2.75) is 68.3 Å². The predicted molar refractivity (Wildman–Crippen MR) is 235 cm³/mol. The van der Waals surface area contributed by atoms with Crippen LogP contribution in [-0.2, 0) is 30.2 Å². The van der Waals surface area contributed by atoms with E-state index in [1.165, 1.54) is 55.3 Å². The lowest BCUT2D eigenvalue weighted by molar-refractivity contribution is -0.249. The molecule has 0 radical (unpaired) electrons. The summed E-state index contributed by atoms with van der Waals surface area (Å²) in [4.78, 5) is 70.8. The molecular weight excluding hydrogens is 855 g/mol. The van der Waals surface area contributed by atoms with Crippen LogP contribution in [0.5, 0.6) is 17.2 Å². The van der Waals surface area contributed by atoms with Gasteiger partial charge in [-0.25, -0.2) is 9.59 Å². The van der Waals surface area contributed by atoms with Gasteiger partial charge in [0.25, 0.3) is 5.91 Å². The second kappa shape index (κ2) is 18.2. The van der Waals surface area contributed by atoms with Crippen molar-refractivity contribution in [3.8, 4) is 28.4 Å².